The Kier molecular flexibility index (Phi) is 5.26. The number of halogens is 2. The van der Waals surface area contributed by atoms with E-state index < -0.39 is 16.8 Å². The topological polar surface area (TPSA) is 83.7 Å². The number of rotatable bonds is 4. The smallest absolute Gasteiger partial charge is 0.307 e. The lowest BCUT2D eigenvalue weighted by Crippen LogP contribution is -2.42. The van der Waals surface area contributed by atoms with Crippen LogP contribution in [-0.4, -0.2) is 34.0 Å². The van der Waals surface area contributed by atoms with Crippen LogP contribution in [0.3, 0.4) is 0 Å². The molecule has 0 aromatic heterocycles. The number of carboxylic acids is 1. The number of aliphatic carboxylic acids is 1. The maximum atomic E-state index is 11.2. The predicted molar refractivity (Wildman–Crippen MR) is 83.3 cm³/mol. The van der Waals surface area contributed by atoms with Gasteiger partial charge in [0, 0.05) is 30.2 Å². The van der Waals surface area contributed by atoms with Gasteiger partial charge in [0.25, 0.3) is 5.69 Å². The van der Waals surface area contributed by atoms with Gasteiger partial charge in [-0.05, 0) is 24.5 Å². The van der Waals surface area contributed by atoms with Crippen molar-refractivity contribution in [2.45, 2.75) is 19.9 Å². The molecule has 0 saturated carbocycles. The van der Waals surface area contributed by atoms with Crippen LogP contribution in [0.25, 0.3) is 0 Å². The molecule has 1 aromatic carbocycles. The van der Waals surface area contributed by atoms with E-state index in [0.29, 0.717) is 30.1 Å². The molecule has 2 unspecified atom stereocenters. The molecule has 1 aliphatic rings. The average molecular weight is 347 g/mol. The molecule has 0 aliphatic carbocycles. The average Bonchev–Trinajstić information content (AvgIpc) is 2.36. The fraction of sp³-hybridized carbons (Fsp3) is 0.500. The molecule has 1 aromatic rings. The molecule has 1 aliphatic heterocycles. The number of hydrogen-bond donors (Lipinski definition) is 1. The second-order valence-electron chi connectivity index (χ2n) is 5.72. The summed E-state index contributed by atoms with van der Waals surface area (Å²) in [6, 6.07) is 2.85. The van der Waals surface area contributed by atoms with Crippen molar-refractivity contribution in [3.63, 3.8) is 0 Å². The van der Waals surface area contributed by atoms with E-state index in [1.54, 1.807) is 0 Å². The number of carboxylic acid groups (broad SMARTS) is 1. The van der Waals surface area contributed by atoms with Gasteiger partial charge >= 0.3 is 5.97 Å². The Morgan fingerprint density at radius 2 is 2.14 bits per heavy atom. The zero-order chi connectivity index (χ0) is 16.4. The summed E-state index contributed by atoms with van der Waals surface area (Å²) in [5.74, 6) is -1.09. The number of nitrogens with zero attached hydrogens (tertiary/aromatic N) is 2. The fourth-order valence-electron chi connectivity index (χ4n) is 2.95. The minimum absolute atomic E-state index is 0.00709. The second-order valence-corrected chi connectivity index (χ2v) is 6.57. The standard InChI is InChI=1S/C14H16Cl2N2O4/c1-8-2-10(14(19)20)7-17(5-8)6-9-3-11(15)4-12(16)13(9)18(21)22/h3-4,8,10H,2,5-7H2,1H3,(H,19,20). The minimum atomic E-state index is -0.838. The lowest BCUT2D eigenvalue weighted by atomic mass is 9.90. The highest BCUT2D eigenvalue weighted by Gasteiger charge is 2.31. The van der Waals surface area contributed by atoms with E-state index in [2.05, 4.69) is 0 Å². The summed E-state index contributed by atoms with van der Waals surface area (Å²) >= 11 is 11.8. The van der Waals surface area contributed by atoms with Crippen LogP contribution in [0.1, 0.15) is 18.9 Å². The van der Waals surface area contributed by atoms with Crippen LogP contribution in [0.4, 0.5) is 5.69 Å². The van der Waals surface area contributed by atoms with Crippen LogP contribution in [0.5, 0.6) is 0 Å². The number of piperidine rings is 1. The quantitative estimate of drug-likeness (QED) is 0.666. The number of benzene rings is 1. The van der Waals surface area contributed by atoms with Crippen molar-refractivity contribution >= 4 is 34.9 Å². The Morgan fingerprint density at radius 3 is 2.73 bits per heavy atom. The van der Waals surface area contributed by atoms with Crippen LogP contribution in [0, 0.1) is 22.0 Å². The van der Waals surface area contributed by atoms with Crippen molar-refractivity contribution in [3.8, 4) is 0 Å². The third-order valence-corrected chi connectivity index (χ3v) is 4.27. The van der Waals surface area contributed by atoms with Crippen LogP contribution >= 0.6 is 23.2 Å². The maximum Gasteiger partial charge on any atom is 0.307 e. The first-order chi connectivity index (χ1) is 10.3. The molecular formula is C14H16Cl2N2O4. The first-order valence-electron chi connectivity index (χ1n) is 6.85. The monoisotopic (exact) mass is 346 g/mol. The summed E-state index contributed by atoms with van der Waals surface area (Å²) in [5.41, 5.74) is 0.233. The van der Waals surface area contributed by atoms with Crippen LogP contribution < -0.4 is 0 Å². The Morgan fingerprint density at radius 1 is 1.45 bits per heavy atom. The van der Waals surface area contributed by atoms with Crippen molar-refractivity contribution < 1.29 is 14.8 Å². The van der Waals surface area contributed by atoms with Crippen molar-refractivity contribution in [3.05, 3.63) is 37.9 Å². The molecule has 8 heteroatoms. The van der Waals surface area contributed by atoms with E-state index in [9.17, 15) is 20.0 Å². The van der Waals surface area contributed by atoms with Crippen molar-refractivity contribution in [1.29, 1.82) is 0 Å². The third kappa shape index (κ3) is 3.88. The number of likely N-dealkylation sites (tertiary alicyclic amines) is 1. The van der Waals surface area contributed by atoms with Gasteiger partial charge in [0.1, 0.15) is 5.02 Å². The molecule has 22 heavy (non-hydrogen) atoms. The van der Waals surface area contributed by atoms with Gasteiger partial charge in [0.05, 0.1) is 10.8 Å². The molecule has 1 heterocycles. The molecule has 0 bridgehead atoms. The summed E-state index contributed by atoms with van der Waals surface area (Å²) < 4.78 is 0. The van der Waals surface area contributed by atoms with E-state index in [-0.39, 0.29) is 23.2 Å². The molecular weight excluding hydrogens is 331 g/mol. The van der Waals surface area contributed by atoms with E-state index in [1.807, 2.05) is 11.8 Å². The fourth-order valence-corrected chi connectivity index (χ4v) is 3.56. The number of carbonyl (C=O) groups is 1. The second kappa shape index (κ2) is 6.81. The van der Waals surface area contributed by atoms with Crippen molar-refractivity contribution in [2.24, 2.45) is 11.8 Å². The lowest BCUT2D eigenvalue weighted by molar-refractivity contribution is -0.385. The molecule has 1 fully saturated rings. The van der Waals surface area contributed by atoms with E-state index in [0.717, 1.165) is 0 Å². The molecule has 2 rings (SSSR count). The largest absolute Gasteiger partial charge is 0.481 e. The van der Waals surface area contributed by atoms with E-state index in [4.69, 9.17) is 23.2 Å². The summed E-state index contributed by atoms with van der Waals surface area (Å²) in [5, 5.41) is 20.7. The molecule has 2 atom stereocenters. The summed E-state index contributed by atoms with van der Waals surface area (Å²) in [6.45, 7) is 3.28. The van der Waals surface area contributed by atoms with Gasteiger partial charge in [-0.25, -0.2) is 0 Å². The highest BCUT2D eigenvalue weighted by molar-refractivity contribution is 6.36. The number of nitro groups is 1. The third-order valence-electron chi connectivity index (χ3n) is 3.77. The summed E-state index contributed by atoms with van der Waals surface area (Å²) in [7, 11) is 0. The molecule has 0 spiro atoms. The predicted octanol–water partition coefficient (Wildman–Crippen LogP) is 3.44. The van der Waals surface area contributed by atoms with Gasteiger partial charge in [-0.15, -0.1) is 0 Å². The molecule has 0 radical (unpaired) electrons. The van der Waals surface area contributed by atoms with Gasteiger partial charge < -0.3 is 5.11 Å². The molecule has 1 N–H and O–H groups in total. The van der Waals surface area contributed by atoms with Crippen molar-refractivity contribution in [2.75, 3.05) is 13.1 Å². The Labute approximate surface area is 137 Å². The Balaban J connectivity index is 2.26. The zero-order valence-electron chi connectivity index (χ0n) is 12.0. The molecule has 120 valence electrons. The van der Waals surface area contributed by atoms with Gasteiger partial charge in [0.2, 0.25) is 0 Å². The van der Waals surface area contributed by atoms with E-state index >= 15 is 0 Å². The number of hydrogen-bond acceptors (Lipinski definition) is 4. The van der Waals surface area contributed by atoms with Gasteiger partial charge in [-0.2, -0.15) is 0 Å². The normalized spacial score (nSPS) is 22.5. The van der Waals surface area contributed by atoms with Gasteiger partial charge in [-0.1, -0.05) is 30.1 Å². The van der Waals surface area contributed by atoms with Crippen LogP contribution in [0.2, 0.25) is 10.0 Å². The molecule has 6 nitrogen and oxygen atoms in total. The molecule has 1 saturated heterocycles. The van der Waals surface area contributed by atoms with Crippen LogP contribution in [0.15, 0.2) is 12.1 Å². The summed E-state index contributed by atoms with van der Waals surface area (Å²) in [4.78, 5) is 23.8. The first-order valence-corrected chi connectivity index (χ1v) is 7.61. The van der Waals surface area contributed by atoms with Crippen molar-refractivity contribution in [1.82, 2.24) is 4.90 Å². The maximum absolute atomic E-state index is 11.2. The van der Waals surface area contributed by atoms with Gasteiger partial charge in [0.15, 0.2) is 0 Å². The SMILES string of the molecule is CC1CC(C(=O)O)CN(Cc2cc(Cl)cc(Cl)c2[N+](=O)[O-])C1. The van der Waals surface area contributed by atoms with Crippen LogP contribution in [-0.2, 0) is 11.3 Å². The zero-order valence-corrected chi connectivity index (χ0v) is 13.5. The minimum Gasteiger partial charge on any atom is -0.481 e. The highest BCUT2D eigenvalue weighted by Crippen LogP contribution is 2.34. The lowest BCUT2D eigenvalue weighted by Gasteiger charge is -2.34. The first kappa shape index (κ1) is 17.0. The van der Waals surface area contributed by atoms with E-state index in [1.165, 1.54) is 12.1 Å². The molecule has 0 amide bonds. The van der Waals surface area contributed by atoms with Gasteiger partial charge in [-0.3, -0.25) is 19.8 Å². The highest BCUT2D eigenvalue weighted by atomic mass is 35.5. The Bertz CT molecular complexity index is 609. The summed E-state index contributed by atoms with van der Waals surface area (Å²) in [6.07, 6.45) is 0.615. The number of nitro benzene ring substituents is 1. The Hall–Kier alpha value is -1.37.